The highest BCUT2D eigenvalue weighted by Crippen LogP contribution is 2.22. The molecule has 1 atom stereocenters. The van der Waals surface area contributed by atoms with Gasteiger partial charge in [0.25, 0.3) is 5.91 Å². The molecule has 0 aromatic carbocycles. The molecule has 0 bridgehead atoms. The molecule has 6 heteroatoms. The van der Waals surface area contributed by atoms with Crippen LogP contribution in [-0.2, 0) is 7.05 Å². The van der Waals surface area contributed by atoms with Crippen LogP contribution in [-0.4, -0.2) is 33.4 Å². The number of aliphatic hydroxyl groups excluding tert-OH is 1. The fourth-order valence-electron chi connectivity index (χ4n) is 2.05. The Labute approximate surface area is 118 Å². The summed E-state index contributed by atoms with van der Waals surface area (Å²) in [6.07, 6.45) is 0.687. The normalized spacial score (nSPS) is 13.4. The van der Waals surface area contributed by atoms with E-state index in [2.05, 4.69) is 31.2 Å². The van der Waals surface area contributed by atoms with Crippen LogP contribution < -0.4 is 5.32 Å². The summed E-state index contributed by atoms with van der Waals surface area (Å²) in [5, 5.41) is 16.6. The summed E-state index contributed by atoms with van der Waals surface area (Å²) in [4.78, 5) is 12.2. The van der Waals surface area contributed by atoms with Crippen LogP contribution in [0.25, 0.3) is 0 Å². The zero-order valence-electron chi connectivity index (χ0n) is 12.1. The number of nitrogens with zero attached hydrogens (tertiary/aromatic N) is 2. The van der Waals surface area contributed by atoms with Crippen molar-refractivity contribution in [3.05, 3.63) is 16.4 Å². The molecule has 1 aromatic heterocycles. The lowest BCUT2D eigenvalue weighted by atomic mass is 9.88. The second-order valence-corrected chi connectivity index (χ2v) is 6.35. The lowest BCUT2D eigenvalue weighted by molar-refractivity contribution is 0.0897. The van der Waals surface area contributed by atoms with Crippen LogP contribution >= 0.6 is 11.6 Å². The highest BCUT2D eigenvalue weighted by molar-refractivity contribution is 6.33. The van der Waals surface area contributed by atoms with Gasteiger partial charge in [-0.15, -0.1) is 0 Å². The van der Waals surface area contributed by atoms with Crippen LogP contribution in [0, 0.1) is 12.3 Å². The Hall–Kier alpha value is -1.07. The van der Waals surface area contributed by atoms with Crippen LogP contribution in [0.4, 0.5) is 0 Å². The van der Waals surface area contributed by atoms with E-state index in [0.717, 1.165) is 0 Å². The summed E-state index contributed by atoms with van der Waals surface area (Å²) in [6.45, 7) is 7.82. The molecule has 0 fully saturated rings. The Balaban J connectivity index is 2.83. The maximum atomic E-state index is 12.2. The predicted molar refractivity (Wildman–Crippen MR) is 75.4 cm³/mol. The Morgan fingerprint density at radius 1 is 1.53 bits per heavy atom. The highest BCUT2D eigenvalue weighted by atomic mass is 35.5. The second-order valence-electron chi connectivity index (χ2n) is 5.99. The molecule has 1 aromatic rings. The average molecular weight is 288 g/mol. The zero-order chi connectivity index (χ0) is 14.8. The Morgan fingerprint density at radius 3 is 2.47 bits per heavy atom. The summed E-state index contributed by atoms with van der Waals surface area (Å²) in [5.41, 5.74) is 0.975. The topological polar surface area (TPSA) is 67.2 Å². The van der Waals surface area contributed by atoms with Crippen molar-refractivity contribution in [3.8, 4) is 0 Å². The number of aromatic nitrogens is 2. The molecule has 108 valence electrons. The highest BCUT2D eigenvalue weighted by Gasteiger charge is 2.24. The third kappa shape index (κ3) is 4.21. The van der Waals surface area contributed by atoms with Crippen LogP contribution in [0.15, 0.2) is 0 Å². The minimum absolute atomic E-state index is 0.0223. The van der Waals surface area contributed by atoms with Crippen molar-refractivity contribution >= 4 is 17.5 Å². The van der Waals surface area contributed by atoms with Gasteiger partial charge in [-0.3, -0.25) is 9.48 Å². The Kier molecular flexibility index (Phi) is 4.98. The van der Waals surface area contributed by atoms with Gasteiger partial charge in [-0.05, 0) is 18.8 Å². The summed E-state index contributed by atoms with van der Waals surface area (Å²) in [6, 6.07) is -0.289. The van der Waals surface area contributed by atoms with Crippen molar-refractivity contribution < 1.29 is 9.90 Å². The largest absolute Gasteiger partial charge is 0.394 e. The van der Waals surface area contributed by atoms with Crippen molar-refractivity contribution in [1.29, 1.82) is 0 Å². The second kappa shape index (κ2) is 5.92. The number of halogens is 1. The SMILES string of the molecule is Cc1nn(C)c(Cl)c1C(=O)NC(CO)CC(C)(C)C. The number of hydrogen-bond donors (Lipinski definition) is 2. The van der Waals surface area contributed by atoms with Gasteiger partial charge in [0.15, 0.2) is 0 Å². The summed E-state index contributed by atoms with van der Waals surface area (Å²) in [5.74, 6) is -0.293. The number of carbonyl (C=O) groups is 1. The van der Waals surface area contributed by atoms with Crippen molar-refractivity contribution in [2.45, 2.75) is 40.2 Å². The van der Waals surface area contributed by atoms with Crippen molar-refractivity contribution in [2.24, 2.45) is 12.5 Å². The van der Waals surface area contributed by atoms with Gasteiger partial charge in [-0.1, -0.05) is 32.4 Å². The van der Waals surface area contributed by atoms with Crippen molar-refractivity contribution in [3.63, 3.8) is 0 Å². The van der Waals surface area contributed by atoms with E-state index in [1.165, 1.54) is 4.68 Å². The van der Waals surface area contributed by atoms with Crippen LogP contribution in [0.3, 0.4) is 0 Å². The maximum absolute atomic E-state index is 12.2. The fraction of sp³-hybridized carbons (Fsp3) is 0.692. The van der Waals surface area contributed by atoms with Gasteiger partial charge in [0.2, 0.25) is 0 Å². The lowest BCUT2D eigenvalue weighted by Gasteiger charge is -2.25. The number of amides is 1. The molecule has 0 aliphatic heterocycles. The number of carbonyl (C=O) groups excluding carboxylic acids is 1. The fourth-order valence-corrected chi connectivity index (χ4v) is 2.31. The molecule has 1 heterocycles. The van der Waals surface area contributed by atoms with Gasteiger partial charge in [0, 0.05) is 7.05 Å². The lowest BCUT2D eigenvalue weighted by Crippen LogP contribution is -2.40. The molecule has 0 aliphatic rings. The van der Waals surface area contributed by atoms with E-state index >= 15 is 0 Å². The molecular formula is C13H22ClN3O2. The molecule has 0 aliphatic carbocycles. The molecule has 1 unspecified atom stereocenters. The van der Waals surface area contributed by atoms with Crippen LogP contribution in [0.2, 0.25) is 5.15 Å². The molecular weight excluding hydrogens is 266 g/mol. The number of rotatable bonds is 4. The Morgan fingerprint density at radius 2 is 2.11 bits per heavy atom. The standard InChI is InChI=1S/C13H22ClN3O2/c1-8-10(11(14)17(5)16-8)12(19)15-9(7-18)6-13(2,3)4/h9,18H,6-7H2,1-5H3,(H,15,19). The minimum Gasteiger partial charge on any atom is -0.394 e. The van der Waals surface area contributed by atoms with Crippen LogP contribution in [0.1, 0.15) is 43.2 Å². The van der Waals surface area contributed by atoms with E-state index in [1.54, 1.807) is 14.0 Å². The van der Waals surface area contributed by atoms with E-state index in [0.29, 0.717) is 22.8 Å². The van der Waals surface area contributed by atoms with Gasteiger partial charge >= 0.3 is 0 Å². The van der Waals surface area contributed by atoms with E-state index in [1.807, 2.05) is 0 Å². The molecule has 0 spiro atoms. The molecule has 0 radical (unpaired) electrons. The number of nitrogens with one attached hydrogen (secondary N) is 1. The zero-order valence-corrected chi connectivity index (χ0v) is 12.9. The third-order valence-electron chi connectivity index (χ3n) is 2.79. The third-order valence-corrected chi connectivity index (χ3v) is 3.23. The number of hydrogen-bond acceptors (Lipinski definition) is 3. The first-order valence-electron chi connectivity index (χ1n) is 6.26. The average Bonchev–Trinajstić information content (AvgIpc) is 2.50. The molecule has 1 rings (SSSR count). The smallest absolute Gasteiger partial charge is 0.256 e. The number of aryl methyl sites for hydroxylation is 2. The van der Waals surface area contributed by atoms with E-state index in [9.17, 15) is 9.90 Å². The van der Waals surface area contributed by atoms with Crippen molar-refractivity contribution in [1.82, 2.24) is 15.1 Å². The first-order chi connectivity index (χ1) is 8.65. The van der Waals surface area contributed by atoms with Gasteiger partial charge in [0.05, 0.1) is 23.9 Å². The number of aliphatic hydroxyl groups is 1. The van der Waals surface area contributed by atoms with E-state index < -0.39 is 0 Å². The van der Waals surface area contributed by atoms with E-state index in [-0.39, 0.29) is 24.0 Å². The van der Waals surface area contributed by atoms with Gasteiger partial charge < -0.3 is 10.4 Å². The minimum atomic E-state index is -0.293. The summed E-state index contributed by atoms with van der Waals surface area (Å²) < 4.78 is 1.46. The van der Waals surface area contributed by atoms with E-state index in [4.69, 9.17) is 11.6 Å². The molecule has 0 saturated heterocycles. The first-order valence-corrected chi connectivity index (χ1v) is 6.64. The molecule has 2 N–H and O–H groups in total. The monoisotopic (exact) mass is 287 g/mol. The summed E-state index contributed by atoms with van der Waals surface area (Å²) >= 11 is 6.05. The van der Waals surface area contributed by atoms with Crippen LogP contribution in [0.5, 0.6) is 0 Å². The first kappa shape index (κ1) is 16.0. The molecule has 1 amide bonds. The quantitative estimate of drug-likeness (QED) is 0.889. The maximum Gasteiger partial charge on any atom is 0.256 e. The van der Waals surface area contributed by atoms with Crippen molar-refractivity contribution in [2.75, 3.05) is 6.61 Å². The van der Waals surface area contributed by atoms with Gasteiger partial charge in [0.1, 0.15) is 5.15 Å². The van der Waals surface area contributed by atoms with Gasteiger partial charge in [-0.25, -0.2) is 0 Å². The predicted octanol–water partition coefficient (Wildman–Crippen LogP) is 1.91. The van der Waals surface area contributed by atoms with Gasteiger partial charge in [-0.2, -0.15) is 5.10 Å². The summed E-state index contributed by atoms with van der Waals surface area (Å²) in [7, 11) is 1.69. The molecule has 19 heavy (non-hydrogen) atoms. The molecule has 5 nitrogen and oxygen atoms in total. The Bertz CT molecular complexity index is 463. The molecule has 0 saturated carbocycles.